The third kappa shape index (κ3) is 2.75. The Morgan fingerprint density at radius 3 is 2.79 bits per heavy atom. The smallest absolute Gasteiger partial charge is 0.268 e. The maximum atomic E-state index is 12.2. The van der Waals surface area contributed by atoms with Gasteiger partial charge < -0.3 is 15.6 Å². The van der Waals surface area contributed by atoms with E-state index in [4.69, 9.17) is 5.73 Å². The fourth-order valence-corrected chi connectivity index (χ4v) is 1.87. The summed E-state index contributed by atoms with van der Waals surface area (Å²) in [7, 11) is 0. The van der Waals surface area contributed by atoms with E-state index in [0.29, 0.717) is 17.2 Å². The summed E-state index contributed by atoms with van der Waals surface area (Å²) in [6, 6.07) is 1.59. The van der Waals surface area contributed by atoms with Crippen molar-refractivity contribution in [1.29, 1.82) is 0 Å². The van der Waals surface area contributed by atoms with Gasteiger partial charge in [-0.3, -0.25) is 9.89 Å². The van der Waals surface area contributed by atoms with Crippen LogP contribution in [0.25, 0.3) is 0 Å². The van der Waals surface area contributed by atoms with Crippen LogP contribution >= 0.6 is 0 Å². The Balaban J connectivity index is 2.16. The van der Waals surface area contributed by atoms with E-state index < -0.39 is 0 Å². The molecule has 0 saturated carbocycles. The van der Waals surface area contributed by atoms with Gasteiger partial charge in [0.15, 0.2) is 0 Å². The molecule has 19 heavy (non-hydrogen) atoms. The fourth-order valence-electron chi connectivity index (χ4n) is 1.87. The normalized spacial score (nSPS) is 12.6. The van der Waals surface area contributed by atoms with Crippen LogP contribution in [0.1, 0.15) is 49.2 Å². The first kappa shape index (κ1) is 13.1. The molecule has 0 bridgehead atoms. The number of nitrogens with two attached hydrogens (primary N) is 1. The minimum Gasteiger partial charge on any atom is -0.397 e. The van der Waals surface area contributed by atoms with Gasteiger partial charge in [0.25, 0.3) is 5.91 Å². The monoisotopic (exact) mass is 262 g/mol. The number of anilines is 1. The third-order valence-corrected chi connectivity index (χ3v) is 2.85. The van der Waals surface area contributed by atoms with Gasteiger partial charge in [-0.05, 0) is 26.8 Å². The van der Waals surface area contributed by atoms with E-state index in [-0.39, 0.29) is 18.0 Å². The Hall–Kier alpha value is -2.31. The summed E-state index contributed by atoms with van der Waals surface area (Å²) in [6.45, 7) is 5.83. The molecule has 1 atom stereocenters. The molecule has 0 aromatic carbocycles. The number of carbonyl (C=O) groups is 1. The summed E-state index contributed by atoms with van der Waals surface area (Å²) in [4.78, 5) is 16.3. The summed E-state index contributed by atoms with van der Waals surface area (Å²) >= 11 is 0. The van der Waals surface area contributed by atoms with E-state index in [1.807, 2.05) is 25.3 Å². The van der Waals surface area contributed by atoms with Crippen molar-refractivity contribution in [1.82, 2.24) is 25.1 Å². The average Bonchev–Trinajstić information content (AvgIpc) is 2.96. The molecule has 0 spiro atoms. The van der Waals surface area contributed by atoms with Crippen molar-refractivity contribution in [3.63, 3.8) is 0 Å². The molecule has 2 rings (SSSR count). The van der Waals surface area contributed by atoms with Crippen molar-refractivity contribution in [2.24, 2.45) is 0 Å². The predicted octanol–water partition coefficient (Wildman–Crippen LogP) is 1.26. The highest BCUT2D eigenvalue weighted by atomic mass is 16.2. The zero-order chi connectivity index (χ0) is 14.0. The Kier molecular flexibility index (Phi) is 3.55. The number of H-pyrrole nitrogens is 1. The van der Waals surface area contributed by atoms with E-state index >= 15 is 0 Å². The number of aromatic amines is 1. The number of hydrogen-bond donors (Lipinski definition) is 3. The van der Waals surface area contributed by atoms with Gasteiger partial charge in [0.1, 0.15) is 17.8 Å². The van der Waals surface area contributed by atoms with Crippen molar-refractivity contribution in [2.45, 2.75) is 32.9 Å². The number of aromatic nitrogens is 4. The molecule has 4 N–H and O–H groups in total. The molecule has 2 aromatic heterocycles. The lowest BCUT2D eigenvalue weighted by Crippen LogP contribution is -2.29. The molecule has 7 heteroatoms. The highest BCUT2D eigenvalue weighted by molar-refractivity contribution is 5.94. The van der Waals surface area contributed by atoms with Gasteiger partial charge >= 0.3 is 0 Å². The van der Waals surface area contributed by atoms with Gasteiger partial charge in [-0.2, -0.15) is 5.10 Å². The molecular weight excluding hydrogens is 244 g/mol. The lowest BCUT2D eigenvalue weighted by molar-refractivity contribution is 0.0927. The highest BCUT2D eigenvalue weighted by Gasteiger charge is 2.18. The molecule has 0 aliphatic rings. The predicted molar refractivity (Wildman–Crippen MR) is 71.5 cm³/mol. The summed E-state index contributed by atoms with van der Waals surface area (Å²) < 4.78 is 1.85. The summed E-state index contributed by atoms with van der Waals surface area (Å²) in [5.74, 6) is 0.429. The van der Waals surface area contributed by atoms with E-state index in [1.165, 1.54) is 6.33 Å². The molecule has 2 aromatic rings. The number of nitrogen functional groups attached to an aromatic ring is 1. The molecular formula is C12H18N6O. The van der Waals surface area contributed by atoms with Crippen molar-refractivity contribution >= 4 is 11.6 Å². The number of rotatable bonds is 4. The molecule has 1 unspecified atom stereocenters. The SMILES string of the molecule is CC(NC(=O)c1cc(N)cn1C(C)C)c1ncn[nH]1. The average molecular weight is 262 g/mol. The van der Waals surface area contributed by atoms with Crippen LogP contribution in [0.15, 0.2) is 18.6 Å². The number of nitrogens with zero attached hydrogens (tertiary/aromatic N) is 3. The molecule has 7 nitrogen and oxygen atoms in total. The van der Waals surface area contributed by atoms with Crippen LogP contribution in [-0.4, -0.2) is 25.7 Å². The molecule has 0 saturated heterocycles. The Labute approximate surface area is 111 Å². The van der Waals surface area contributed by atoms with Crippen molar-refractivity contribution in [2.75, 3.05) is 5.73 Å². The summed E-state index contributed by atoms with van der Waals surface area (Å²) in [6.07, 6.45) is 3.17. The largest absolute Gasteiger partial charge is 0.397 e. The lowest BCUT2D eigenvalue weighted by Gasteiger charge is -2.15. The van der Waals surface area contributed by atoms with Crippen LogP contribution in [0.5, 0.6) is 0 Å². The van der Waals surface area contributed by atoms with Gasteiger partial charge in [0.2, 0.25) is 0 Å². The van der Waals surface area contributed by atoms with E-state index in [2.05, 4.69) is 20.5 Å². The highest BCUT2D eigenvalue weighted by Crippen LogP contribution is 2.17. The van der Waals surface area contributed by atoms with Crippen molar-refractivity contribution in [3.05, 3.63) is 30.1 Å². The molecule has 0 radical (unpaired) electrons. The van der Waals surface area contributed by atoms with Gasteiger partial charge in [0.05, 0.1) is 11.7 Å². The quantitative estimate of drug-likeness (QED) is 0.772. The Morgan fingerprint density at radius 2 is 2.21 bits per heavy atom. The first-order chi connectivity index (χ1) is 8.99. The number of hydrogen-bond acceptors (Lipinski definition) is 4. The number of nitrogens with one attached hydrogen (secondary N) is 2. The van der Waals surface area contributed by atoms with Crippen molar-refractivity contribution < 1.29 is 4.79 Å². The number of amides is 1. The van der Waals surface area contributed by atoms with Crippen LogP contribution in [0.4, 0.5) is 5.69 Å². The van der Waals surface area contributed by atoms with Gasteiger partial charge in [-0.25, -0.2) is 4.98 Å². The maximum Gasteiger partial charge on any atom is 0.268 e. The minimum absolute atomic E-state index is 0.165. The van der Waals surface area contributed by atoms with Crippen LogP contribution in [0.2, 0.25) is 0 Å². The van der Waals surface area contributed by atoms with Gasteiger partial charge in [-0.15, -0.1) is 0 Å². The standard InChI is InChI=1S/C12H18N6O/c1-7(2)18-5-9(13)4-10(18)12(19)16-8(3)11-14-6-15-17-11/h4-8H,13H2,1-3H3,(H,16,19)(H,14,15,17). The molecule has 0 aliphatic heterocycles. The molecule has 2 heterocycles. The van der Waals surface area contributed by atoms with Crippen molar-refractivity contribution in [3.8, 4) is 0 Å². The Bertz CT molecular complexity index is 557. The second kappa shape index (κ2) is 5.13. The summed E-state index contributed by atoms with van der Waals surface area (Å²) in [5, 5.41) is 9.35. The van der Waals surface area contributed by atoms with Crippen LogP contribution < -0.4 is 11.1 Å². The fraction of sp³-hybridized carbons (Fsp3) is 0.417. The van der Waals surface area contributed by atoms with Crippen LogP contribution in [0, 0.1) is 0 Å². The number of carbonyl (C=O) groups excluding carboxylic acids is 1. The van der Waals surface area contributed by atoms with E-state index in [1.54, 1.807) is 12.3 Å². The first-order valence-corrected chi connectivity index (χ1v) is 6.12. The zero-order valence-corrected chi connectivity index (χ0v) is 11.2. The lowest BCUT2D eigenvalue weighted by atomic mass is 10.3. The van der Waals surface area contributed by atoms with E-state index in [0.717, 1.165) is 0 Å². The maximum absolute atomic E-state index is 12.2. The third-order valence-electron chi connectivity index (χ3n) is 2.85. The second-order valence-electron chi connectivity index (χ2n) is 4.73. The molecule has 1 amide bonds. The first-order valence-electron chi connectivity index (χ1n) is 6.12. The van der Waals surface area contributed by atoms with E-state index in [9.17, 15) is 4.79 Å². The topological polar surface area (TPSA) is 102 Å². The minimum atomic E-state index is -0.244. The van der Waals surface area contributed by atoms with Crippen LogP contribution in [-0.2, 0) is 0 Å². The van der Waals surface area contributed by atoms with Crippen LogP contribution in [0.3, 0.4) is 0 Å². The van der Waals surface area contributed by atoms with Gasteiger partial charge in [0, 0.05) is 12.2 Å². The summed E-state index contributed by atoms with van der Waals surface area (Å²) in [5.41, 5.74) is 6.87. The molecule has 102 valence electrons. The zero-order valence-electron chi connectivity index (χ0n) is 11.2. The van der Waals surface area contributed by atoms with Gasteiger partial charge in [-0.1, -0.05) is 0 Å². The second-order valence-corrected chi connectivity index (χ2v) is 4.73. The molecule has 0 aliphatic carbocycles. The molecule has 0 fully saturated rings. The Morgan fingerprint density at radius 1 is 1.47 bits per heavy atom.